The predicted molar refractivity (Wildman–Crippen MR) is 56.3 cm³/mol. The lowest BCUT2D eigenvalue weighted by molar-refractivity contribution is 0.0967. The molecule has 1 rings (SSSR count). The van der Waals surface area contributed by atoms with Gasteiger partial charge in [-0.1, -0.05) is 13.8 Å². The van der Waals surface area contributed by atoms with E-state index in [0.29, 0.717) is 11.5 Å². The Balaban J connectivity index is 2.89. The lowest BCUT2D eigenvalue weighted by Crippen LogP contribution is -2.26. The van der Waals surface area contributed by atoms with Crippen LogP contribution in [-0.2, 0) is 0 Å². The van der Waals surface area contributed by atoms with Gasteiger partial charge in [0.1, 0.15) is 0 Å². The molecule has 0 aliphatic rings. The van der Waals surface area contributed by atoms with Crippen molar-refractivity contribution in [3.05, 3.63) is 29.6 Å². The van der Waals surface area contributed by atoms with E-state index in [9.17, 15) is 4.79 Å². The summed E-state index contributed by atoms with van der Waals surface area (Å²) in [5.74, 6) is 0.322. The van der Waals surface area contributed by atoms with Gasteiger partial charge in [0.25, 0.3) is 0 Å². The van der Waals surface area contributed by atoms with Gasteiger partial charge < -0.3 is 5.73 Å². The summed E-state index contributed by atoms with van der Waals surface area (Å²) in [6.07, 6.45) is 1.60. The molecule has 1 unspecified atom stereocenters. The van der Waals surface area contributed by atoms with Gasteiger partial charge in [-0.2, -0.15) is 0 Å². The fourth-order valence-electron chi connectivity index (χ4n) is 1.16. The normalized spacial score (nSPS) is 12.9. The van der Waals surface area contributed by atoms with Crippen molar-refractivity contribution in [2.45, 2.75) is 32.7 Å². The molecular formula is C11H16N2O. The molecule has 0 aliphatic heterocycles. The van der Waals surface area contributed by atoms with Crippen LogP contribution >= 0.6 is 0 Å². The second-order valence-electron chi connectivity index (χ2n) is 3.78. The molecule has 0 radical (unpaired) electrons. The van der Waals surface area contributed by atoms with Crippen LogP contribution in [0, 0.1) is 0 Å². The highest BCUT2D eigenvalue weighted by Crippen LogP contribution is 2.11. The summed E-state index contributed by atoms with van der Waals surface area (Å²) in [6.45, 7) is 5.81. The van der Waals surface area contributed by atoms with E-state index in [1.165, 1.54) is 0 Å². The second kappa shape index (κ2) is 4.33. The molecule has 0 fully saturated rings. The van der Waals surface area contributed by atoms with Crippen LogP contribution in [0.3, 0.4) is 0 Å². The van der Waals surface area contributed by atoms with E-state index in [2.05, 4.69) is 18.8 Å². The number of carbonyl (C=O) groups excluding carboxylic acids is 1. The van der Waals surface area contributed by atoms with Crippen LogP contribution < -0.4 is 5.73 Å². The first-order valence-corrected chi connectivity index (χ1v) is 4.78. The zero-order valence-corrected chi connectivity index (χ0v) is 8.82. The van der Waals surface area contributed by atoms with Crippen LogP contribution in [0.1, 0.15) is 42.7 Å². The number of hydrogen-bond acceptors (Lipinski definition) is 3. The molecule has 0 bridgehead atoms. The molecule has 1 aromatic heterocycles. The summed E-state index contributed by atoms with van der Waals surface area (Å²) in [4.78, 5) is 15.7. The van der Waals surface area contributed by atoms with Crippen molar-refractivity contribution in [2.75, 3.05) is 0 Å². The molecule has 1 atom stereocenters. The third-order valence-corrected chi connectivity index (χ3v) is 2.08. The summed E-state index contributed by atoms with van der Waals surface area (Å²) in [5.41, 5.74) is 7.07. The molecule has 76 valence electrons. The van der Waals surface area contributed by atoms with Crippen molar-refractivity contribution in [1.82, 2.24) is 4.98 Å². The summed E-state index contributed by atoms with van der Waals surface area (Å²) in [6, 6.07) is 3.20. The minimum atomic E-state index is -0.457. The number of nitrogens with zero attached hydrogens (tertiary/aromatic N) is 1. The van der Waals surface area contributed by atoms with Gasteiger partial charge in [-0.25, -0.2) is 0 Å². The smallest absolute Gasteiger partial charge is 0.180 e. The maximum atomic E-state index is 11.5. The Labute approximate surface area is 84.3 Å². The molecule has 1 heterocycles. The van der Waals surface area contributed by atoms with Crippen molar-refractivity contribution >= 4 is 5.78 Å². The highest BCUT2D eigenvalue weighted by atomic mass is 16.1. The topological polar surface area (TPSA) is 56.0 Å². The van der Waals surface area contributed by atoms with E-state index in [1.54, 1.807) is 19.2 Å². The van der Waals surface area contributed by atoms with Crippen LogP contribution in [0.5, 0.6) is 0 Å². The van der Waals surface area contributed by atoms with Gasteiger partial charge in [-0.3, -0.25) is 9.78 Å². The predicted octanol–water partition coefficient (Wildman–Crippen LogP) is 1.73. The molecule has 0 aliphatic carbocycles. The average molecular weight is 192 g/mol. The third-order valence-electron chi connectivity index (χ3n) is 2.08. The van der Waals surface area contributed by atoms with Gasteiger partial charge in [0.05, 0.1) is 6.04 Å². The first kappa shape index (κ1) is 10.9. The van der Waals surface area contributed by atoms with Gasteiger partial charge in [0.2, 0.25) is 0 Å². The third kappa shape index (κ3) is 2.39. The Morgan fingerprint density at radius 1 is 1.36 bits per heavy atom. The van der Waals surface area contributed by atoms with Crippen molar-refractivity contribution in [1.29, 1.82) is 0 Å². The highest BCUT2D eigenvalue weighted by Gasteiger charge is 2.11. The van der Waals surface area contributed by atoms with Crippen LogP contribution in [0.4, 0.5) is 0 Å². The number of nitrogens with two attached hydrogens (primary N) is 1. The molecule has 14 heavy (non-hydrogen) atoms. The first-order valence-electron chi connectivity index (χ1n) is 4.78. The molecule has 1 aromatic rings. The standard InChI is InChI=1S/C11H16N2O/c1-7(2)10-5-4-9(6-13-10)11(14)8(3)12/h4-8H,12H2,1-3H3. The SMILES string of the molecule is CC(N)C(=O)c1ccc(C(C)C)nc1. The van der Waals surface area contributed by atoms with E-state index in [1.807, 2.05) is 6.07 Å². The van der Waals surface area contributed by atoms with E-state index in [-0.39, 0.29) is 5.78 Å². The fourth-order valence-corrected chi connectivity index (χ4v) is 1.16. The molecule has 0 saturated heterocycles. The number of Topliss-reactive ketones (excluding diaryl/α,β-unsaturated/α-hetero) is 1. The van der Waals surface area contributed by atoms with Crippen LogP contribution in [-0.4, -0.2) is 16.8 Å². The molecule has 3 nitrogen and oxygen atoms in total. The maximum absolute atomic E-state index is 11.5. The van der Waals surface area contributed by atoms with Crippen LogP contribution in [0.15, 0.2) is 18.3 Å². The quantitative estimate of drug-likeness (QED) is 0.742. The van der Waals surface area contributed by atoms with Crippen molar-refractivity contribution in [3.8, 4) is 0 Å². The van der Waals surface area contributed by atoms with E-state index >= 15 is 0 Å². The maximum Gasteiger partial charge on any atom is 0.180 e. The first-order chi connectivity index (χ1) is 6.52. The monoisotopic (exact) mass is 192 g/mol. The molecule has 2 N–H and O–H groups in total. The Bertz CT molecular complexity index is 315. The molecule has 3 heteroatoms. The molecular weight excluding hydrogens is 176 g/mol. The average Bonchev–Trinajstić information content (AvgIpc) is 2.16. The minimum absolute atomic E-state index is 0.0622. The number of pyridine rings is 1. The summed E-state index contributed by atoms with van der Waals surface area (Å²) < 4.78 is 0. The number of ketones is 1. The van der Waals surface area contributed by atoms with Crippen LogP contribution in [0.25, 0.3) is 0 Å². The largest absolute Gasteiger partial charge is 0.321 e. The van der Waals surface area contributed by atoms with E-state index in [0.717, 1.165) is 5.69 Å². The number of aromatic nitrogens is 1. The second-order valence-corrected chi connectivity index (χ2v) is 3.78. The van der Waals surface area contributed by atoms with Gasteiger partial charge in [0, 0.05) is 17.5 Å². The van der Waals surface area contributed by atoms with Gasteiger partial charge >= 0.3 is 0 Å². The summed E-state index contributed by atoms with van der Waals surface area (Å²) >= 11 is 0. The van der Waals surface area contributed by atoms with Gasteiger partial charge in [-0.05, 0) is 25.0 Å². The van der Waals surface area contributed by atoms with Crippen molar-refractivity contribution < 1.29 is 4.79 Å². The fraction of sp³-hybridized carbons (Fsp3) is 0.455. The molecule has 0 aromatic carbocycles. The zero-order chi connectivity index (χ0) is 10.7. The van der Waals surface area contributed by atoms with Crippen molar-refractivity contribution in [3.63, 3.8) is 0 Å². The summed E-state index contributed by atoms with van der Waals surface area (Å²) in [7, 11) is 0. The molecule has 0 saturated carbocycles. The summed E-state index contributed by atoms with van der Waals surface area (Å²) in [5, 5.41) is 0. The minimum Gasteiger partial charge on any atom is -0.321 e. The lowest BCUT2D eigenvalue weighted by Gasteiger charge is -2.06. The Hall–Kier alpha value is -1.22. The lowest BCUT2D eigenvalue weighted by atomic mass is 10.1. The molecule has 0 amide bonds. The molecule has 0 spiro atoms. The number of rotatable bonds is 3. The van der Waals surface area contributed by atoms with E-state index < -0.39 is 6.04 Å². The van der Waals surface area contributed by atoms with E-state index in [4.69, 9.17) is 5.73 Å². The number of carbonyl (C=O) groups is 1. The Morgan fingerprint density at radius 2 is 2.00 bits per heavy atom. The van der Waals surface area contributed by atoms with Crippen LogP contribution in [0.2, 0.25) is 0 Å². The van der Waals surface area contributed by atoms with Crippen molar-refractivity contribution in [2.24, 2.45) is 5.73 Å². The highest BCUT2D eigenvalue weighted by molar-refractivity contribution is 5.99. The van der Waals surface area contributed by atoms with Gasteiger partial charge in [-0.15, -0.1) is 0 Å². The zero-order valence-electron chi connectivity index (χ0n) is 8.82. The Kier molecular flexibility index (Phi) is 3.36. The Morgan fingerprint density at radius 3 is 2.36 bits per heavy atom. The van der Waals surface area contributed by atoms with Gasteiger partial charge in [0.15, 0.2) is 5.78 Å². The number of hydrogen-bond donors (Lipinski definition) is 1.